The van der Waals surface area contributed by atoms with Crippen LogP contribution in [0.1, 0.15) is 58.6 Å². The molecule has 3 aromatic rings. The lowest BCUT2D eigenvalue weighted by atomic mass is 9.69. The van der Waals surface area contributed by atoms with Crippen molar-refractivity contribution in [3.05, 3.63) is 47.4 Å². The molecule has 0 aliphatic heterocycles. The zero-order chi connectivity index (χ0) is 30.2. The van der Waals surface area contributed by atoms with Crippen LogP contribution in [0.3, 0.4) is 0 Å². The summed E-state index contributed by atoms with van der Waals surface area (Å²) in [5.41, 5.74) is 0.740. The molecule has 6 rings (SSSR count). The van der Waals surface area contributed by atoms with Crippen molar-refractivity contribution in [3.8, 4) is 11.4 Å². The lowest BCUT2D eigenvalue weighted by Gasteiger charge is -2.36. The SMILES string of the molecule is C[C@@H](OC(=O)Nc1c(-c2ccc(NC(=O)C34CC(C3)C(NC(=O)OC(C)(C)C)C4)cn2)nnn1C)c1cccnc1Cl. The number of alkyl carbamates (subject to hydrolysis) is 1. The Kier molecular flexibility index (Phi) is 7.80. The third-order valence-corrected chi connectivity index (χ3v) is 7.81. The average Bonchev–Trinajstić information content (AvgIpc) is 3.55. The van der Waals surface area contributed by atoms with Gasteiger partial charge in [-0.15, -0.1) is 5.10 Å². The number of anilines is 2. The molecule has 2 atom stereocenters. The minimum Gasteiger partial charge on any atom is -0.444 e. The first-order valence-electron chi connectivity index (χ1n) is 13.6. The highest BCUT2D eigenvalue weighted by molar-refractivity contribution is 6.30. The Balaban J connectivity index is 1.19. The van der Waals surface area contributed by atoms with Crippen LogP contribution in [0.15, 0.2) is 36.7 Å². The van der Waals surface area contributed by atoms with E-state index in [0.29, 0.717) is 41.9 Å². The molecule has 0 aromatic carbocycles. The Bertz CT molecular complexity index is 1500. The molecule has 3 amide bonds. The molecule has 14 heteroatoms. The normalized spacial score (nSPS) is 21.6. The van der Waals surface area contributed by atoms with Crippen molar-refractivity contribution in [2.45, 2.75) is 64.7 Å². The van der Waals surface area contributed by atoms with Crippen LogP contribution in [0, 0.1) is 11.3 Å². The number of carbonyl (C=O) groups is 3. The number of aromatic nitrogens is 5. The molecule has 0 radical (unpaired) electrons. The largest absolute Gasteiger partial charge is 0.444 e. The van der Waals surface area contributed by atoms with Gasteiger partial charge in [0.1, 0.15) is 16.9 Å². The Morgan fingerprint density at radius 2 is 1.86 bits per heavy atom. The first-order chi connectivity index (χ1) is 19.8. The molecule has 3 aromatic heterocycles. The van der Waals surface area contributed by atoms with Gasteiger partial charge in [-0.1, -0.05) is 22.9 Å². The monoisotopic (exact) mass is 596 g/mol. The van der Waals surface area contributed by atoms with E-state index in [1.54, 1.807) is 44.4 Å². The van der Waals surface area contributed by atoms with Gasteiger partial charge in [0.15, 0.2) is 11.5 Å². The summed E-state index contributed by atoms with van der Waals surface area (Å²) in [6.07, 6.45) is 3.21. The Morgan fingerprint density at radius 3 is 2.52 bits per heavy atom. The number of hydrogen-bond donors (Lipinski definition) is 3. The summed E-state index contributed by atoms with van der Waals surface area (Å²) in [6.45, 7) is 7.13. The zero-order valence-corrected chi connectivity index (χ0v) is 24.7. The van der Waals surface area contributed by atoms with E-state index in [9.17, 15) is 14.4 Å². The second-order valence-corrected chi connectivity index (χ2v) is 12.1. The van der Waals surface area contributed by atoms with Gasteiger partial charge in [-0.3, -0.25) is 15.1 Å². The number of fused-ring (bicyclic) bond motifs is 1. The molecular formula is C28H33ClN8O5. The smallest absolute Gasteiger partial charge is 0.413 e. The highest BCUT2D eigenvalue weighted by Gasteiger charge is 2.60. The third-order valence-electron chi connectivity index (χ3n) is 7.49. The molecule has 2 bridgehead atoms. The van der Waals surface area contributed by atoms with Crippen molar-refractivity contribution in [1.29, 1.82) is 0 Å². The number of carbonyl (C=O) groups excluding carboxylic acids is 3. The molecule has 0 spiro atoms. The number of pyridine rings is 2. The number of nitrogens with zero attached hydrogens (tertiary/aromatic N) is 5. The van der Waals surface area contributed by atoms with Crippen LogP contribution >= 0.6 is 11.6 Å². The Labute approximate surface area is 247 Å². The fourth-order valence-electron chi connectivity index (χ4n) is 5.48. The van der Waals surface area contributed by atoms with E-state index in [4.69, 9.17) is 21.1 Å². The number of aryl methyl sites for hydroxylation is 1. The summed E-state index contributed by atoms with van der Waals surface area (Å²) in [4.78, 5) is 46.5. The molecule has 3 saturated carbocycles. The van der Waals surface area contributed by atoms with Crippen LogP contribution in [0.25, 0.3) is 11.4 Å². The minimum atomic E-state index is -0.730. The van der Waals surface area contributed by atoms with Gasteiger partial charge < -0.3 is 20.1 Å². The number of rotatable bonds is 7. The maximum atomic E-state index is 13.2. The fraction of sp³-hybridized carbons (Fsp3) is 0.464. The fourth-order valence-corrected chi connectivity index (χ4v) is 5.75. The van der Waals surface area contributed by atoms with Crippen molar-refractivity contribution in [2.75, 3.05) is 10.6 Å². The van der Waals surface area contributed by atoms with Gasteiger partial charge in [0.25, 0.3) is 0 Å². The summed E-state index contributed by atoms with van der Waals surface area (Å²) in [5.74, 6) is 0.430. The maximum absolute atomic E-state index is 13.2. The number of amides is 3. The molecule has 1 unspecified atom stereocenters. The molecule has 222 valence electrons. The molecule has 0 saturated heterocycles. The van der Waals surface area contributed by atoms with Crippen LogP contribution in [-0.4, -0.2) is 54.7 Å². The Morgan fingerprint density at radius 1 is 1.10 bits per heavy atom. The highest BCUT2D eigenvalue weighted by Crippen LogP contribution is 2.59. The van der Waals surface area contributed by atoms with E-state index >= 15 is 0 Å². The van der Waals surface area contributed by atoms with Crippen molar-refractivity contribution in [1.82, 2.24) is 30.3 Å². The molecule has 3 aliphatic carbocycles. The van der Waals surface area contributed by atoms with E-state index in [-0.39, 0.29) is 28.8 Å². The average molecular weight is 597 g/mol. The number of hydrogen-bond acceptors (Lipinski definition) is 9. The quantitative estimate of drug-likeness (QED) is 0.323. The van der Waals surface area contributed by atoms with Crippen LogP contribution in [0.4, 0.5) is 21.1 Å². The molecule has 13 nitrogen and oxygen atoms in total. The van der Waals surface area contributed by atoms with E-state index in [1.165, 1.54) is 10.9 Å². The summed E-state index contributed by atoms with van der Waals surface area (Å²) in [5, 5.41) is 16.9. The van der Waals surface area contributed by atoms with Gasteiger partial charge in [-0.05, 0) is 71.1 Å². The van der Waals surface area contributed by atoms with Crippen molar-refractivity contribution in [3.63, 3.8) is 0 Å². The second-order valence-electron chi connectivity index (χ2n) is 11.8. The molecular weight excluding hydrogens is 564 g/mol. The summed E-state index contributed by atoms with van der Waals surface area (Å²) in [6, 6.07) is 6.73. The summed E-state index contributed by atoms with van der Waals surface area (Å²) < 4.78 is 12.2. The first kappa shape index (κ1) is 29.2. The van der Waals surface area contributed by atoms with Gasteiger partial charge in [-0.2, -0.15) is 0 Å². The predicted octanol–water partition coefficient (Wildman–Crippen LogP) is 4.87. The molecule has 42 heavy (non-hydrogen) atoms. The van der Waals surface area contributed by atoms with Gasteiger partial charge in [0.2, 0.25) is 5.91 Å². The molecule has 3 heterocycles. The maximum Gasteiger partial charge on any atom is 0.413 e. The number of nitrogens with one attached hydrogen (secondary N) is 3. The number of halogens is 1. The van der Waals surface area contributed by atoms with E-state index < -0.39 is 29.3 Å². The molecule has 3 aliphatic rings. The number of ether oxygens (including phenoxy) is 2. The van der Waals surface area contributed by atoms with E-state index in [1.807, 2.05) is 20.8 Å². The van der Waals surface area contributed by atoms with Gasteiger partial charge in [0, 0.05) is 24.8 Å². The standard InChI is InChI=1S/C28H33ClN8O5/c1-15(18-7-6-10-30-22(18)29)41-25(39)34-23-21(35-36-37(23)5)19-9-8-17(14-31-19)32-24(38)28-11-16(12-28)20(13-28)33-26(40)42-27(2,3)4/h6-10,14-16,20H,11-13H2,1-5H3,(H,32,38)(H,33,40)(H,34,39)/t15-,16?,20?,28?/m1/s1. The topological polar surface area (TPSA) is 162 Å². The molecule has 3 fully saturated rings. The Hall–Kier alpha value is -4.26. The van der Waals surface area contributed by atoms with E-state index in [0.717, 1.165) is 0 Å². The van der Waals surface area contributed by atoms with Crippen molar-refractivity contribution in [2.24, 2.45) is 18.4 Å². The highest BCUT2D eigenvalue weighted by atomic mass is 35.5. The van der Waals surface area contributed by atoms with Crippen LogP contribution in [0.2, 0.25) is 5.15 Å². The third kappa shape index (κ3) is 6.15. The van der Waals surface area contributed by atoms with Gasteiger partial charge >= 0.3 is 12.2 Å². The van der Waals surface area contributed by atoms with Crippen molar-refractivity contribution >= 4 is 41.2 Å². The van der Waals surface area contributed by atoms with E-state index in [2.05, 4.69) is 36.2 Å². The first-order valence-corrected chi connectivity index (χ1v) is 14.0. The summed E-state index contributed by atoms with van der Waals surface area (Å²) >= 11 is 6.11. The lowest BCUT2D eigenvalue weighted by Crippen LogP contribution is -2.42. The van der Waals surface area contributed by atoms with Crippen LogP contribution < -0.4 is 16.0 Å². The van der Waals surface area contributed by atoms with Crippen LogP contribution in [-0.2, 0) is 21.3 Å². The van der Waals surface area contributed by atoms with Gasteiger partial charge in [0.05, 0.1) is 23.0 Å². The second kappa shape index (κ2) is 11.2. The lowest BCUT2D eigenvalue weighted by molar-refractivity contribution is -0.129. The molecule has 3 N–H and O–H groups in total. The van der Waals surface area contributed by atoms with Gasteiger partial charge in [-0.25, -0.2) is 19.3 Å². The zero-order valence-electron chi connectivity index (χ0n) is 24.0. The summed E-state index contributed by atoms with van der Waals surface area (Å²) in [7, 11) is 1.62. The predicted molar refractivity (Wildman–Crippen MR) is 154 cm³/mol. The van der Waals surface area contributed by atoms with Crippen molar-refractivity contribution < 1.29 is 23.9 Å². The minimum absolute atomic E-state index is 0.0929. The van der Waals surface area contributed by atoms with Crippen LogP contribution in [0.5, 0.6) is 0 Å².